The van der Waals surface area contributed by atoms with E-state index in [0.29, 0.717) is 37.1 Å². The van der Waals surface area contributed by atoms with E-state index in [9.17, 15) is 8.42 Å². The lowest BCUT2D eigenvalue weighted by atomic mass is 9.92. The van der Waals surface area contributed by atoms with Gasteiger partial charge in [-0.3, -0.25) is 4.98 Å². The molecule has 0 unspecified atom stereocenters. The summed E-state index contributed by atoms with van der Waals surface area (Å²) in [6, 6.07) is 9.33. The second-order valence-corrected chi connectivity index (χ2v) is 7.67. The number of hydrogen-bond acceptors (Lipinski definition) is 5. The summed E-state index contributed by atoms with van der Waals surface area (Å²) in [6.45, 7) is 1.31. The zero-order chi connectivity index (χ0) is 16.3. The molecule has 0 spiro atoms. The number of fused-ring (bicyclic) bond motifs is 1. The number of para-hydroxylation sites is 1. The molecule has 1 aromatic carbocycles. The summed E-state index contributed by atoms with van der Waals surface area (Å²) in [4.78, 5) is 4.31. The molecule has 124 valence electrons. The SMILES string of the molecule is NCC1(NS(=O)(=O)Cc2cccc3cccnc23)CCOCC1. The minimum Gasteiger partial charge on any atom is -0.381 e. The molecule has 1 aliphatic rings. The second-order valence-electron chi connectivity index (χ2n) is 5.95. The van der Waals surface area contributed by atoms with Crippen molar-refractivity contribution in [3.63, 3.8) is 0 Å². The summed E-state index contributed by atoms with van der Waals surface area (Å²) < 4.78 is 33.4. The standard InChI is InChI=1S/C16H21N3O3S/c17-12-16(6-9-22-10-7-16)19-23(20,21)11-14-4-1-3-13-5-2-8-18-15(13)14/h1-5,8,19H,6-7,9-12,17H2. The Labute approximate surface area is 136 Å². The molecule has 1 aliphatic heterocycles. The van der Waals surface area contributed by atoms with E-state index < -0.39 is 15.6 Å². The maximum atomic E-state index is 12.6. The smallest absolute Gasteiger partial charge is 0.216 e. The van der Waals surface area contributed by atoms with Gasteiger partial charge in [0.15, 0.2) is 0 Å². The van der Waals surface area contributed by atoms with Gasteiger partial charge in [0.05, 0.1) is 11.3 Å². The van der Waals surface area contributed by atoms with Crippen LogP contribution in [0.4, 0.5) is 0 Å². The highest BCUT2D eigenvalue weighted by atomic mass is 32.2. The molecule has 2 aromatic rings. The van der Waals surface area contributed by atoms with Crippen LogP contribution in [0.25, 0.3) is 10.9 Å². The fourth-order valence-corrected chi connectivity index (χ4v) is 4.63. The number of rotatable bonds is 5. The number of pyridine rings is 1. The van der Waals surface area contributed by atoms with Crippen LogP contribution in [0, 0.1) is 0 Å². The fraction of sp³-hybridized carbons (Fsp3) is 0.438. The van der Waals surface area contributed by atoms with Gasteiger partial charge >= 0.3 is 0 Å². The average Bonchev–Trinajstić information content (AvgIpc) is 2.55. The Morgan fingerprint density at radius 2 is 1.96 bits per heavy atom. The summed E-state index contributed by atoms with van der Waals surface area (Å²) in [5, 5.41) is 0.930. The van der Waals surface area contributed by atoms with Crippen LogP contribution < -0.4 is 10.5 Å². The molecular weight excluding hydrogens is 314 g/mol. The second kappa shape index (κ2) is 6.52. The van der Waals surface area contributed by atoms with Gasteiger partial charge in [0.1, 0.15) is 0 Å². The van der Waals surface area contributed by atoms with Crippen LogP contribution in [0.3, 0.4) is 0 Å². The van der Waals surface area contributed by atoms with Gasteiger partial charge in [0, 0.05) is 36.9 Å². The van der Waals surface area contributed by atoms with E-state index in [0.717, 1.165) is 5.39 Å². The predicted molar refractivity (Wildman–Crippen MR) is 89.3 cm³/mol. The van der Waals surface area contributed by atoms with Crippen LogP contribution in [-0.4, -0.2) is 38.7 Å². The molecule has 0 aliphatic carbocycles. The molecular formula is C16H21N3O3S. The molecule has 3 rings (SSSR count). The van der Waals surface area contributed by atoms with Crippen molar-refractivity contribution in [3.05, 3.63) is 42.1 Å². The van der Waals surface area contributed by atoms with E-state index in [1.165, 1.54) is 0 Å². The topological polar surface area (TPSA) is 94.3 Å². The number of nitrogens with two attached hydrogens (primary N) is 1. The van der Waals surface area contributed by atoms with E-state index in [-0.39, 0.29) is 12.3 Å². The van der Waals surface area contributed by atoms with Crippen molar-refractivity contribution < 1.29 is 13.2 Å². The Morgan fingerprint density at radius 1 is 1.22 bits per heavy atom. The van der Waals surface area contributed by atoms with E-state index in [4.69, 9.17) is 10.5 Å². The zero-order valence-electron chi connectivity index (χ0n) is 12.9. The third-order valence-electron chi connectivity index (χ3n) is 4.27. The molecule has 1 saturated heterocycles. The Morgan fingerprint density at radius 3 is 2.70 bits per heavy atom. The van der Waals surface area contributed by atoms with Crippen molar-refractivity contribution in [3.8, 4) is 0 Å². The highest BCUT2D eigenvalue weighted by molar-refractivity contribution is 7.88. The van der Waals surface area contributed by atoms with Gasteiger partial charge in [-0.2, -0.15) is 0 Å². The summed E-state index contributed by atoms with van der Waals surface area (Å²) in [5.41, 5.74) is 6.64. The van der Waals surface area contributed by atoms with Gasteiger partial charge in [-0.25, -0.2) is 13.1 Å². The van der Waals surface area contributed by atoms with E-state index in [2.05, 4.69) is 9.71 Å². The first-order valence-electron chi connectivity index (χ1n) is 7.66. The van der Waals surface area contributed by atoms with Gasteiger partial charge in [-0.05, 0) is 24.5 Å². The quantitative estimate of drug-likeness (QED) is 0.855. The Bertz CT molecular complexity index is 781. The van der Waals surface area contributed by atoms with Crippen molar-refractivity contribution in [2.45, 2.75) is 24.1 Å². The zero-order valence-corrected chi connectivity index (χ0v) is 13.7. The van der Waals surface area contributed by atoms with Crippen molar-refractivity contribution in [2.24, 2.45) is 5.73 Å². The van der Waals surface area contributed by atoms with Crippen LogP contribution in [0.15, 0.2) is 36.5 Å². The molecule has 1 aromatic heterocycles. The van der Waals surface area contributed by atoms with Gasteiger partial charge in [-0.1, -0.05) is 24.3 Å². The van der Waals surface area contributed by atoms with Crippen LogP contribution in [-0.2, 0) is 20.5 Å². The lowest BCUT2D eigenvalue weighted by Crippen LogP contribution is -2.56. The average molecular weight is 335 g/mol. The van der Waals surface area contributed by atoms with Crippen molar-refractivity contribution in [1.82, 2.24) is 9.71 Å². The predicted octanol–water partition coefficient (Wildman–Crippen LogP) is 1.16. The van der Waals surface area contributed by atoms with Gasteiger partial charge in [-0.15, -0.1) is 0 Å². The molecule has 0 bridgehead atoms. The minimum absolute atomic E-state index is 0.107. The van der Waals surface area contributed by atoms with E-state index in [1.54, 1.807) is 12.3 Å². The Balaban J connectivity index is 1.85. The van der Waals surface area contributed by atoms with E-state index in [1.807, 2.05) is 24.3 Å². The molecule has 0 atom stereocenters. The lowest BCUT2D eigenvalue weighted by Gasteiger charge is -2.36. The number of benzene rings is 1. The normalized spacial score (nSPS) is 18.1. The van der Waals surface area contributed by atoms with Crippen LogP contribution in [0.1, 0.15) is 18.4 Å². The maximum absolute atomic E-state index is 12.6. The molecule has 0 radical (unpaired) electrons. The first-order chi connectivity index (χ1) is 11.0. The molecule has 1 fully saturated rings. The highest BCUT2D eigenvalue weighted by Gasteiger charge is 2.35. The number of nitrogens with one attached hydrogen (secondary N) is 1. The van der Waals surface area contributed by atoms with Crippen molar-refractivity contribution >= 4 is 20.9 Å². The number of aromatic nitrogens is 1. The van der Waals surface area contributed by atoms with Gasteiger partial charge in [0.25, 0.3) is 0 Å². The summed E-state index contributed by atoms with van der Waals surface area (Å²) in [5.74, 6) is -0.107. The molecule has 0 amide bonds. The molecule has 7 heteroatoms. The minimum atomic E-state index is -3.52. The van der Waals surface area contributed by atoms with Crippen LogP contribution >= 0.6 is 0 Å². The molecule has 3 N–H and O–H groups in total. The third kappa shape index (κ3) is 3.69. The molecule has 0 saturated carbocycles. The number of ether oxygens (including phenoxy) is 1. The molecule has 23 heavy (non-hydrogen) atoms. The summed E-state index contributed by atoms with van der Waals surface area (Å²) >= 11 is 0. The van der Waals surface area contributed by atoms with E-state index >= 15 is 0 Å². The first kappa shape index (κ1) is 16.3. The van der Waals surface area contributed by atoms with Crippen LogP contribution in [0.2, 0.25) is 0 Å². The molecule has 2 heterocycles. The number of hydrogen-bond donors (Lipinski definition) is 2. The molecule has 6 nitrogen and oxygen atoms in total. The fourth-order valence-electron chi connectivity index (χ4n) is 2.96. The lowest BCUT2D eigenvalue weighted by molar-refractivity contribution is 0.0502. The van der Waals surface area contributed by atoms with Crippen molar-refractivity contribution in [1.29, 1.82) is 0 Å². The highest BCUT2D eigenvalue weighted by Crippen LogP contribution is 2.23. The van der Waals surface area contributed by atoms with Crippen LogP contribution in [0.5, 0.6) is 0 Å². The van der Waals surface area contributed by atoms with Gasteiger partial charge in [0.2, 0.25) is 10.0 Å². The summed E-state index contributed by atoms with van der Waals surface area (Å²) in [7, 11) is -3.52. The number of nitrogens with zero attached hydrogens (tertiary/aromatic N) is 1. The van der Waals surface area contributed by atoms with Crippen molar-refractivity contribution in [2.75, 3.05) is 19.8 Å². The monoisotopic (exact) mass is 335 g/mol. The maximum Gasteiger partial charge on any atom is 0.216 e. The Kier molecular flexibility index (Phi) is 4.63. The Hall–Kier alpha value is -1.54. The number of sulfonamides is 1. The summed E-state index contributed by atoms with van der Waals surface area (Å²) in [6.07, 6.45) is 2.86. The largest absolute Gasteiger partial charge is 0.381 e. The first-order valence-corrected chi connectivity index (χ1v) is 9.31. The third-order valence-corrected chi connectivity index (χ3v) is 5.71. The van der Waals surface area contributed by atoms with Gasteiger partial charge < -0.3 is 10.5 Å².